The first-order chi connectivity index (χ1) is 17.0. The largest absolute Gasteiger partial charge is 0.486 e. The van der Waals surface area contributed by atoms with E-state index < -0.39 is 8.24 Å². The molecule has 0 saturated heterocycles. The van der Waals surface area contributed by atoms with Gasteiger partial charge in [-0.2, -0.15) is 0 Å². The normalized spacial score (nSPS) is 29.4. The molecule has 3 nitrogen and oxygen atoms in total. The van der Waals surface area contributed by atoms with E-state index in [0.717, 1.165) is 23.1 Å². The third-order valence-electron chi connectivity index (χ3n) is 10.3. The molecule has 1 heterocycles. The highest BCUT2D eigenvalue weighted by Crippen LogP contribution is 2.60. The lowest BCUT2D eigenvalue weighted by Gasteiger charge is -2.55. The number of nitrogens with zero attached hydrogens (tertiary/aromatic N) is 1. The predicted molar refractivity (Wildman–Crippen MR) is 152 cm³/mol. The Morgan fingerprint density at radius 2 is 1.56 bits per heavy atom. The van der Waals surface area contributed by atoms with Gasteiger partial charge in [0.2, 0.25) is 0 Å². The molecule has 2 saturated carbocycles. The van der Waals surface area contributed by atoms with Crippen molar-refractivity contribution in [2.45, 2.75) is 115 Å². The second kappa shape index (κ2) is 8.49. The van der Waals surface area contributed by atoms with E-state index in [1.807, 2.05) is 0 Å². The van der Waals surface area contributed by atoms with Crippen molar-refractivity contribution in [3.63, 3.8) is 0 Å². The molecular weight excluding hydrogens is 458 g/mol. The van der Waals surface area contributed by atoms with Gasteiger partial charge >= 0.3 is 0 Å². The molecule has 0 aromatic heterocycles. The Labute approximate surface area is 220 Å². The molecule has 196 valence electrons. The molecular formula is C32H47NO2Si. The van der Waals surface area contributed by atoms with Crippen LogP contribution in [0.5, 0.6) is 11.5 Å². The van der Waals surface area contributed by atoms with Gasteiger partial charge in [-0.25, -0.2) is 0 Å². The molecule has 4 aliphatic carbocycles. The lowest BCUT2D eigenvalue weighted by Crippen LogP contribution is -2.64. The van der Waals surface area contributed by atoms with Gasteiger partial charge < -0.3 is 14.0 Å². The molecule has 1 aromatic rings. The van der Waals surface area contributed by atoms with Gasteiger partial charge in [0, 0.05) is 17.0 Å². The average Bonchev–Trinajstić information content (AvgIpc) is 3.34. The minimum atomic E-state index is -1.70. The van der Waals surface area contributed by atoms with Crippen LogP contribution in [0.1, 0.15) is 90.7 Å². The Kier molecular flexibility index (Phi) is 5.85. The highest BCUT2D eigenvalue weighted by molar-refractivity contribution is 6.76. The number of hydrogen-bond donors (Lipinski definition) is 0. The Hall–Kier alpha value is -1.52. The summed E-state index contributed by atoms with van der Waals surface area (Å²) in [7, 11) is -1.70. The molecule has 36 heavy (non-hydrogen) atoms. The van der Waals surface area contributed by atoms with Crippen LogP contribution in [0.3, 0.4) is 0 Å². The molecule has 4 heteroatoms. The van der Waals surface area contributed by atoms with E-state index in [2.05, 4.69) is 76.6 Å². The van der Waals surface area contributed by atoms with Crippen molar-refractivity contribution in [3.05, 3.63) is 41.0 Å². The zero-order valence-corrected chi connectivity index (χ0v) is 24.7. The van der Waals surface area contributed by atoms with Crippen molar-refractivity contribution in [2.24, 2.45) is 11.8 Å². The molecule has 0 amide bonds. The predicted octanol–water partition coefficient (Wildman–Crippen LogP) is 8.11. The third kappa shape index (κ3) is 3.76. The van der Waals surface area contributed by atoms with Gasteiger partial charge in [-0.1, -0.05) is 64.8 Å². The van der Waals surface area contributed by atoms with Crippen LogP contribution in [0.4, 0.5) is 0 Å². The van der Waals surface area contributed by atoms with Crippen molar-refractivity contribution in [1.82, 2.24) is 4.57 Å². The van der Waals surface area contributed by atoms with Crippen LogP contribution in [0.2, 0.25) is 18.6 Å². The van der Waals surface area contributed by atoms with Crippen LogP contribution >= 0.6 is 0 Å². The fourth-order valence-corrected chi connectivity index (χ4v) is 14.5. The van der Waals surface area contributed by atoms with E-state index in [4.69, 9.17) is 9.47 Å². The smallest absolute Gasteiger partial charge is 0.161 e. The van der Waals surface area contributed by atoms with Crippen molar-refractivity contribution >= 4 is 13.8 Å². The lowest BCUT2D eigenvalue weighted by molar-refractivity contribution is 0.140. The Balaban J connectivity index is 1.37. The second-order valence-corrected chi connectivity index (χ2v) is 18.8. The third-order valence-corrected chi connectivity index (χ3v) is 15.1. The highest BCUT2D eigenvalue weighted by Gasteiger charge is 2.53. The summed E-state index contributed by atoms with van der Waals surface area (Å²) in [4.78, 5) is 0. The van der Waals surface area contributed by atoms with Crippen molar-refractivity contribution in [3.8, 4) is 11.5 Å². The number of ether oxygens (including phenoxy) is 2. The van der Waals surface area contributed by atoms with Crippen LogP contribution in [0.25, 0.3) is 5.57 Å². The Bertz CT molecular complexity index is 1100. The standard InChI is InChI=1S/C32H47NO2Si/c1-31(2,3)33(22-11-9-8-10-12-22)36(6,7)30-14-13-21-17-24-25-19-28-29(35-16-15-34-28)20-27(25)32(4,5)26(24)18-23(21)30/h17-23,30H,8-16H2,1-7H3. The molecule has 0 N–H and O–H groups in total. The maximum absolute atomic E-state index is 5.99. The zero-order chi connectivity index (χ0) is 25.5. The van der Waals surface area contributed by atoms with Crippen LogP contribution in [0.15, 0.2) is 29.9 Å². The Morgan fingerprint density at radius 1 is 0.889 bits per heavy atom. The van der Waals surface area contributed by atoms with E-state index in [-0.39, 0.29) is 11.0 Å². The SMILES string of the molecule is CC1(C)C2=CC3C(C=C2c2cc4c(cc21)OCCO4)CCC3[Si](C)(C)N(C1CCCCC1)C(C)(C)C. The van der Waals surface area contributed by atoms with E-state index in [9.17, 15) is 0 Å². The van der Waals surface area contributed by atoms with Crippen LogP contribution < -0.4 is 9.47 Å². The number of hydrogen-bond acceptors (Lipinski definition) is 3. The first-order valence-corrected chi connectivity index (χ1v) is 17.7. The monoisotopic (exact) mass is 505 g/mol. The van der Waals surface area contributed by atoms with Gasteiger partial charge in [-0.3, -0.25) is 0 Å². The Morgan fingerprint density at radius 3 is 2.22 bits per heavy atom. The molecule has 6 rings (SSSR count). The summed E-state index contributed by atoms with van der Waals surface area (Å²) in [6, 6.07) is 5.33. The van der Waals surface area contributed by atoms with Gasteiger partial charge in [0.25, 0.3) is 0 Å². The summed E-state index contributed by atoms with van der Waals surface area (Å²) in [5.41, 5.74) is 6.89. The van der Waals surface area contributed by atoms with Crippen molar-refractivity contribution in [2.75, 3.05) is 13.2 Å². The average molecular weight is 506 g/mol. The van der Waals surface area contributed by atoms with Crippen molar-refractivity contribution in [1.29, 1.82) is 0 Å². The van der Waals surface area contributed by atoms with Gasteiger partial charge in [-0.05, 0) is 91.8 Å². The summed E-state index contributed by atoms with van der Waals surface area (Å²) in [6.45, 7) is 19.0. The van der Waals surface area contributed by atoms with Crippen LogP contribution in [-0.4, -0.2) is 37.6 Å². The quantitative estimate of drug-likeness (QED) is 0.387. The maximum Gasteiger partial charge on any atom is 0.161 e. The topological polar surface area (TPSA) is 21.7 Å². The summed E-state index contributed by atoms with van der Waals surface area (Å²) < 4.78 is 15.1. The first kappa shape index (κ1) is 24.8. The van der Waals surface area contributed by atoms with E-state index in [0.29, 0.717) is 25.0 Å². The van der Waals surface area contributed by atoms with Crippen molar-refractivity contribution < 1.29 is 9.47 Å². The molecule has 0 spiro atoms. The van der Waals surface area contributed by atoms with E-state index >= 15 is 0 Å². The van der Waals surface area contributed by atoms with Gasteiger partial charge in [-0.15, -0.1) is 0 Å². The molecule has 1 aliphatic heterocycles. The molecule has 5 aliphatic rings. The zero-order valence-electron chi connectivity index (χ0n) is 23.7. The minimum absolute atomic E-state index is 0.00783. The molecule has 0 radical (unpaired) electrons. The summed E-state index contributed by atoms with van der Waals surface area (Å²) in [5, 5.41) is 0. The summed E-state index contributed by atoms with van der Waals surface area (Å²) in [6.07, 6.45) is 15.2. The number of rotatable bonds is 3. The maximum atomic E-state index is 5.99. The number of fused-ring (bicyclic) bond motifs is 5. The number of allylic oxidation sites excluding steroid dienone is 4. The molecule has 3 atom stereocenters. The molecule has 3 unspecified atom stereocenters. The lowest BCUT2D eigenvalue weighted by atomic mass is 9.76. The molecule has 0 bridgehead atoms. The summed E-state index contributed by atoms with van der Waals surface area (Å²) >= 11 is 0. The van der Waals surface area contributed by atoms with Crippen LogP contribution in [-0.2, 0) is 5.41 Å². The van der Waals surface area contributed by atoms with Gasteiger partial charge in [0.1, 0.15) is 21.4 Å². The minimum Gasteiger partial charge on any atom is -0.486 e. The van der Waals surface area contributed by atoms with E-state index in [1.165, 1.54) is 61.6 Å². The summed E-state index contributed by atoms with van der Waals surface area (Å²) in [5.74, 6) is 3.19. The fraction of sp³-hybridized carbons (Fsp3) is 0.688. The van der Waals surface area contributed by atoms with Gasteiger partial charge in [0.15, 0.2) is 11.5 Å². The van der Waals surface area contributed by atoms with Crippen LogP contribution in [0, 0.1) is 11.8 Å². The van der Waals surface area contributed by atoms with E-state index in [1.54, 1.807) is 5.57 Å². The number of benzene rings is 1. The first-order valence-electron chi connectivity index (χ1n) is 14.7. The molecule has 1 aromatic carbocycles. The highest BCUT2D eigenvalue weighted by atomic mass is 28.3. The fourth-order valence-electron chi connectivity index (χ4n) is 9.05. The molecule has 2 fully saturated rings. The van der Waals surface area contributed by atoms with Gasteiger partial charge in [0.05, 0.1) is 0 Å². The second-order valence-electron chi connectivity index (χ2n) is 14.2.